The number of carboxylic acids is 2. The number of amides is 2. The quantitative estimate of drug-likeness (QED) is 0.0547. The van der Waals surface area contributed by atoms with E-state index >= 15 is 0 Å². The Balaban J connectivity index is 0. The predicted octanol–water partition coefficient (Wildman–Crippen LogP) is -7.62. The summed E-state index contributed by atoms with van der Waals surface area (Å²) in [7, 11) is 0. The summed E-state index contributed by atoms with van der Waals surface area (Å²) in [6, 6.07) is -3.52. The Hall–Kier alpha value is -0.850. The number of carbonyl (C=O) groups excluding carboxylic acids is 3. The Bertz CT molecular complexity index is 961. The van der Waals surface area contributed by atoms with Gasteiger partial charge in [-0.05, 0) is 0 Å². The van der Waals surface area contributed by atoms with Crippen LogP contribution < -0.4 is 10.6 Å². The van der Waals surface area contributed by atoms with E-state index < -0.39 is 122 Å². The number of Topliss-reactive ketones (excluding diaryl/α,β-unsaturated/α-hetero) is 1. The molecule has 21 heteroatoms. The van der Waals surface area contributed by atoms with Crippen molar-refractivity contribution in [3.05, 3.63) is 0 Å². The van der Waals surface area contributed by atoms with Crippen LogP contribution in [0.5, 0.6) is 0 Å². The van der Waals surface area contributed by atoms with Crippen molar-refractivity contribution in [2.45, 2.75) is 93.4 Å². The molecule has 238 valence electrons. The molecule has 0 saturated carbocycles. The van der Waals surface area contributed by atoms with Crippen molar-refractivity contribution >= 4 is 88.7 Å². The summed E-state index contributed by atoms with van der Waals surface area (Å²) in [4.78, 5) is 57.9. The van der Waals surface area contributed by atoms with E-state index in [4.69, 9.17) is 14.6 Å². The van der Waals surface area contributed by atoms with Gasteiger partial charge in [-0.2, -0.15) is 0 Å². The molecule has 1 fully saturated rings. The fraction of sp³-hybridized carbons (Fsp3) is 0.773. The number of aliphatic hydroxyl groups is 8. The first-order chi connectivity index (χ1) is 18.9. The molecule has 19 nitrogen and oxygen atoms in total. The molecule has 0 unspecified atom stereocenters. The zero-order valence-corrected chi connectivity index (χ0v) is 27.9. The zero-order chi connectivity index (χ0) is 31.8. The van der Waals surface area contributed by atoms with Crippen LogP contribution in [0.25, 0.3) is 0 Å². The number of aliphatic hydroxyl groups excluding tert-OH is 8. The minimum absolute atomic E-state index is 0. The molecule has 1 heterocycles. The average molecular weight is 647 g/mol. The van der Waals surface area contributed by atoms with E-state index in [-0.39, 0.29) is 59.1 Å². The van der Waals surface area contributed by atoms with E-state index in [1.807, 2.05) is 5.32 Å². The first kappa shape index (κ1) is 44.3. The summed E-state index contributed by atoms with van der Waals surface area (Å²) in [5, 5.41) is 105. The minimum Gasteiger partial charge on any atom is -0.477 e. The molecule has 11 atom stereocenters. The van der Waals surface area contributed by atoms with Gasteiger partial charge < -0.3 is 71.2 Å². The number of carbonyl (C=O) groups is 5. The van der Waals surface area contributed by atoms with Crippen molar-refractivity contribution in [1.82, 2.24) is 10.6 Å². The van der Waals surface area contributed by atoms with E-state index in [0.717, 1.165) is 13.8 Å². The second kappa shape index (κ2) is 19.6. The predicted molar refractivity (Wildman–Crippen MR) is 139 cm³/mol. The van der Waals surface area contributed by atoms with Crippen molar-refractivity contribution in [3.63, 3.8) is 0 Å². The van der Waals surface area contributed by atoms with Crippen LogP contribution in [0.15, 0.2) is 0 Å². The molecule has 0 aromatic carbocycles. The van der Waals surface area contributed by atoms with Crippen molar-refractivity contribution in [2.75, 3.05) is 13.2 Å². The van der Waals surface area contributed by atoms with Crippen molar-refractivity contribution in [2.24, 2.45) is 0 Å². The molecule has 0 aliphatic carbocycles. The van der Waals surface area contributed by atoms with Crippen LogP contribution in [0.3, 0.4) is 0 Å². The van der Waals surface area contributed by atoms with Gasteiger partial charge in [0, 0.05) is 85.8 Å². The van der Waals surface area contributed by atoms with Gasteiger partial charge >= 0.3 is 11.9 Å². The van der Waals surface area contributed by atoms with Gasteiger partial charge in [-0.1, -0.05) is 0 Å². The first-order valence-corrected chi connectivity index (χ1v) is 12.1. The van der Waals surface area contributed by atoms with Crippen LogP contribution in [0.1, 0.15) is 26.7 Å². The molecular weight excluding hydrogens is 610 g/mol. The van der Waals surface area contributed by atoms with Gasteiger partial charge in [0.25, 0.3) is 5.79 Å². The number of hydrogen-bond acceptors (Lipinski definition) is 15. The number of carboxylic acid groups (broad SMARTS) is 2. The van der Waals surface area contributed by atoms with E-state index in [0.29, 0.717) is 0 Å². The largest absolute Gasteiger partial charge is 0.477 e. The fourth-order valence-electron chi connectivity index (χ4n) is 4.19. The molecule has 43 heavy (non-hydrogen) atoms. The number of nitrogens with one attached hydrogen (secondary N) is 2. The van der Waals surface area contributed by atoms with Crippen LogP contribution in [-0.4, -0.2) is 220 Å². The van der Waals surface area contributed by atoms with E-state index in [1.165, 1.54) is 0 Å². The standard InChI is InChI=1S/C22H36N2O17.2Na/c1-7(27)23-14(9(29)3-10(30)20(36)37)18(35)17(34)13(6-26)40-22(21(38)39)4-11(31)15(24-8(2)28)19(41-22)16(33)12(32)5-25;;/h9,11-19,25-26,29,31-35H,3-6H2,1-2H3,(H,23,27)(H,24,28)(H,36,37)(H,38,39);;/t9-,11-,12+,13+,14+,15+,16+,17+,18+,19+,22+;;/m0../s1. The molecule has 1 rings (SSSR count). The maximum atomic E-state index is 12.3. The number of rotatable bonds is 16. The molecule has 1 aliphatic heterocycles. The Kier molecular flexibility index (Phi) is 20.2. The van der Waals surface area contributed by atoms with Gasteiger partial charge in [0.05, 0.1) is 37.5 Å². The minimum atomic E-state index is -3.05. The van der Waals surface area contributed by atoms with Gasteiger partial charge in [-0.3, -0.25) is 14.4 Å². The van der Waals surface area contributed by atoms with Crippen molar-refractivity contribution in [1.29, 1.82) is 0 Å². The van der Waals surface area contributed by atoms with Crippen LogP contribution >= 0.6 is 0 Å². The molecule has 0 aromatic rings. The number of ketones is 1. The molecular formula is C22H36N2Na2O17. The van der Waals surface area contributed by atoms with Crippen LogP contribution in [0.2, 0.25) is 0 Å². The Morgan fingerprint density at radius 2 is 1.47 bits per heavy atom. The molecule has 2 radical (unpaired) electrons. The van der Waals surface area contributed by atoms with E-state index in [9.17, 15) is 69.9 Å². The Labute approximate surface area is 288 Å². The van der Waals surface area contributed by atoms with E-state index in [2.05, 4.69) is 5.32 Å². The van der Waals surface area contributed by atoms with Gasteiger partial charge in [-0.15, -0.1) is 0 Å². The summed E-state index contributed by atoms with van der Waals surface area (Å²) in [5.41, 5.74) is 0. The molecule has 0 aromatic heterocycles. The molecule has 0 bridgehead atoms. The SMILES string of the molecule is CC(=O)N[C@@H]([C@@H](O)[C@H](O)[C@@H](CO)O[C@]1(C(=O)O)C[C@H](O)[C@@H](NC(C)=O)[C@H]([C@H](O)[C@H](O)CO)O1)[C@@H](O)CC(=O)C(=O)O.[Na].[Na]. The third-order valence-electron chi connectivity index (χ3n) is 6.22. The summed E-state index contributed by atoms with van der Waals surface area (Å²) in [6.45, 7) is -0.429. The molecule has 1 aliphatic rings. The van der Waals surface area contributed by atoms with Crippen LogP contribution in [0.4, 0.5) is 0 Å². The van der Waals surface area contributed by atoms with Crippen molar-refractivity contribution < 1.29 is 84.5 Å². The number of hydrogen-bond donors (Lipinski definition) is 12. The molecule has 1 saturated heterocycles. The third-order valence-corrected chi connectivity index (χ3v) is 6.22. The van der Waals surface area contributed by atoms with Crippen molar-refractivity contribution in [3.8, 4) is 0 Å². The monoisotopic (exact) mass is 646 g/mol. The number of aliphatic carboxylic acids is 2. The maximum Gasteiger partial charge on any atom is 0.372 e. The normalized spacial score (nSPS) is 26.5. The molecule has 2 amide bonds. The van der Waals surface area contributed by atoms with Gasteiger partial charge in [0.1, 0.15) is 36.6 Å². The topological polar surface area (TPSA) is 330 Å². The Morgan fingerprint density at radius 1 is 0.907 bits per heavy atom. The van der Waals surface area contributed by atoms with Crippen LogP contribution in [-0.2, 0) is 33.4 Å². The molecule has 0 spiro atoms. The first-order valence-electron chi connectivity index (χ1n) is 12.1. The second-order valence-electron chi connectivity index (χ2n) is 9.42. The summed E-state index contributed by atoms with van der Waals surface area (Å²) in [6.07, 6.45) is -19.2. The molecule has 12 N–H and O–H groups in total. The Morgan fingerprint density at radius 3 is 1.88 bits per heavy atom. The summed E-state index contributed by atoms with van der Waals surface area (Å²) < 4.78 is 10.6. The second-order valence-corrected chi connectivity index (χ2v) is 9.42. The average Bonchev–Trinajstić information content (AvgIpc) is 2.89. The smallest absolute Gasteiger partial charge is 0.372 e. The third kappa shape index (κ3) is 12.1. The fourth-order valence-corrected chi connectivity index (χ4v) is 4.19. The van der Waals surface area contributed by atoms with Crippen LogP contribution in [0, 0.1) is 0 Å². The van der Waals surface area contributed by atoms with Gasteiger partial charge in [0.15, 0.2) is 0 Å². The van der Waals surface area contributed by atoms with E-state index in [1.54, 1.807) is 0 Å². The van der Waals surface area contributed by atoms with Gasteiger partial charge in [0.2, 0.25) is 17.6 Å². The zero-order valence-electron chi connectivity index (χ0n) is 23.9. The summed E-state index contributed by atoms with van der Waals surface area (Å²) in [5.74, 6) is -10.2. The van der Waals surface area contributed by atoms with Gasteiger partial charge in [-0.25, -0.2) is 9.59 Å². The maximum absolute atomic E-state index is 12.3. The summed E-state index contributed by atoms with van der Waals surface area (Å²) >= 11 is 0. The number of ether oxygens (including phenoxy) is 2.